The van der Waals surface area contributed by atoms with Gasteiger partial charge in [0, 0.05) is 24.0 Å². The maximum absolute atomic E-state index is 11.5. The van der Waals surface area contributed by atoms with Gasteiger partial charge in [-0.2, -0.15) is 0 Å². The summed E-state index contributed by atoms with van der Waals surface area (Å²) < 4.78 is 10.9. The fraction of sp³-hybridized carbons (Fsp3) is 0.462. The molecule has 19 heavy (non-hydrogen) atoms. The number of hydrogen-bond donors (Lipinski definition) is 2. The fourth-order valence-corrected chi connectivity index (χ4v) is 1.95. The van der Waals surface area contributed by atoms with E-state index in [0.717, 1.165) is 10.0 Å². The van der Waals surface area contributed by atoms with Crippen molar-refractivity contribution in [1.29, 1.82) is 0 Å². The number of amides is 1. The molecule has 0 spiro atoms. The first kappa shape index (κ1) is 15.8. The van der Waals surface area contributed by atoms with E-state index in [2.05, 4.69) is 21.2 Å². The Hall–Kier alpha value is -1.27. The number of rotatable bonds is 7. The van der Waals surface area contributed by atoms with Gasteiger partial charge in [0.05, 0.1) is 13.7 Å². The van der Waals surface area contributed by atoms with E-state index in [0.29, 0.717) is 31.9 Å². The molecule has 0 unspecified atom stereocenters. The van der Waals surface area contributed by atoms with Gasteiger partial charge >= 0.3 is 0 Å². The number of nitrogens with one attached hydrogen (secondary N) is 1. The Balaban J connectivity index is 2.55. The third-order valence-electron chi connectivity index (χ3n) is 2.50. The standard InChI is InChI=1S/C13H18BrNO4/c1-3-19-5-4-13(17)15-8-9-6-12(18-2)11(16)7-10(9)14/h6-7,16H,3-5,8H2,1-2H3,(H,15,17). The van der Waals surface area contributed by atoms with Crippen molar-refractivity contribution in [3.05, 3.63) is 22.2 Å². The van der Waals surface area contributed by atoms with Crippen molar-refractivity contribution in [1.82, 2.24) is 5.32 Å². The number of carbonyl (C=O) groups is 1. The van der Waals surface area contributed by atoms with Gasteiger partial charge in [0.15, 0.2) is 11.5 Å². The SMILES string of the molecule is CCOCCC(=O)NCc1cc(OC)c(O)cc1Br. The molecule has 0 bridgehead atoms. The van der Waals surface area contributed by atoms with Crippen molar-refractivity contribution >= 4 is 21.8 Å². The first-order valence-corrected chi connectivity index (χ1v) is 6.77. The van der Waals surface area contributed by atoms with E-state index in [-0.39, 0.29) is 11.7 Å². The minimum atomic E-state index is -0.0765. The molecule has 2 N–H and O–H groups in total. The van der Waals surface area contributed by atoms with Crippen LogP contribution in [0.5, 0.6) is 11.5 Å². The molecule has 0 saturated carbocycles. The van der Waals surface area contributed by atoms with Crippen LogP contribution in [0.3, 0.4) is 0 Å². The summed E-state index contributed by atoms with van der Waals surface area (Å²) in [4.78, 5) is 11.5. The van der Waals surface area contributed by atoms with Crippen molar-refractivity contribution in [3.63, 3.8) is 0 Å². The lowest BCUT2D eigenvalue weighted by Crippen LogP contribution is -2.24. The highest BCUT2D eigenvalue weighted by molar-refractivity contribution is 9.10. The summed E-state index contributed by atoms with van der Waals surface area (Å²) in [6, 6.07) is 3.22. The van der Waals surface area contributed by atoms with E-state index in [4.69, 9.17) is 9.47 Å². The number of aromatic hydroxyl groups is 1. The maximum atomic E-state index is 11.5. The van der Waals surface area contributed by atoms with E-state index >= 15 is 0 Å². The molecule has 0 aromatic heterocycles. The predicted molar refractivity (Wildman–Crippen MR) is 75.3 cm³/mol. The Kier molecular flexibility index (Phi) is 6.66. The van der Waals surface area contributed by atoms with Crippen LogP contribution in [0, 0.1) is 0 Å². The zero-order valence-corrected chi connectivity index (χ0v) is 12.6. The molecule has 1 amide bonds. The van der Waals surface area contributed by atoms with Gasteiger partial charge in [0.1, 0.15) is 0 Å². The van der Waals surface area contributed by atoms with Gasteiger partial charge in [-0.25, -0.2) is 0 Å². The van der Waals surface area contributed by atoms with E-state index in [1.54, 1.807) is 12.1 Å². The van der Waals surface area contributed by atoms with E-state index < -0.39 is 0 Å². The molecule has 0 aliphatic rings. The highest BCUT2D eigenvalue weighted by Gasteiger charge is 2.09. The zero-order valence-electron chi connectivity index (χ0n) is 11.0. The summed E-state index contributed by atoms with van der Waals surface area (Å²) in [6.07, 6.45) is 0.334. The molecule has 6 heteroatoms. The Bertz CT molecular complexity index is 437. The van der Waals surface area contributed by atoms with Gasteiger partial charge in [-0.15, -0.1) is 0 Å². The van der Waals surface area contributed by atoms with Crippen molar-refractivity contribution in [2.45, 2.75) is 19.9 Å². The second kappa shape index (κ2) is 8.01. The zero-order chi connectivity index (χ0) is 14.3. The van der Waals surface area contributed by atoms with Crippen molar-refractivity contribution < 1.29 is 19.4 Å². The highest BCUT2D eigenvalue weighted by atomic mass is 79.9. The smallest absolute Gasteiger partial charge is 0.222 e. The molecule has 0 saturated heterocycles. The minimum Gasteiger partial charge on any atom is -0.504 e. The van der Waals surface area contributed by atoms with Crippen LogP contribution in [0.25, 0.3) is 0 Å². The van der Waals surface area contributed by atoms with Crippen LogP contribution in [0.2, 0.25) is 0 Å². The monoisotopic (exact) mass is 331 g/mol. The van der Waals surface area contributed by atoms with Crippen LogP contribution in [0.1, 0.15) is 18.9 Å². The Labute approximate surface area is 121 Å². The second-order valence-corrected chi connectivity index (χ2v) is 4.69. The third-order valence-corrected chi connectivity index (χ3v) is 3.24. The maximum Gasteiger partial charge on any atom is 0.222 e. The number of hydrogen-bond acceptors (Lipinski definition) is 4. The van der Waals surface area contributed by atoms with Gasteiger partial charge < -0.3 is 19.9 Å². The number of halogens is 1. The van der Waals surface area contributed by atoms with Crippen LogP contribution < -0.4 is 10.1 Å². The average molecular weight is 332 g/mol. The second-order valence-electron chi connectivity index (χ2n) is 3.84. The molecule has 5 nitrogen and oxygen atoms in total. The number of phenols is 1. The van der Waals surface area contributed by atoms with Gasteiger partial charge in [-0.1, -0.05) is 15.9 Å². The lowest BCUT2D eigenvalue weighted by molar-refractivity contribution is -0.122. The lowest BCUT2D eigenvalue weighted by atomic mass is 10.2. The minimum absolute atomic E-state index is 0.0563. The average Bonchev–Trinajstić information content (AvgIpc) is 2.38. The summed E-state index contributed by atoms with van der Waals surface area (Å²) in [5.74, 6) is 0.356. The first-order chi connectivity index (χ1) is 9.08. The van der Waals surface area contributed by atoms with E-state index in [9.17, 15) is 9.90 Å². The molecule has 1 aromatic carbocycles. The van der Waals surface area contributed by atoms with Crippen molar-refractivity contribution in [2.75, 3.05) is 20.3 Å². The van der Waals surface area contributed by atoms with Crippen LogP contribution in [-0.4, -0.2) is 31.3 Å². The van der Waals surface area contributed by atoms with Crippen molar-refractivity contribution in [2.24, 2.45) is 0 Å². The van der Waals surface area contributed by atoms with Crippen LogP contribution in [-0.2, 0) is 16.1 Å². The predicted octanol–water partition coefficient (Wildman–Crippen LogP) is 2.21. The normalized spacial score (nSPS) is 10.3. The topological polar surface area (TPSA) is 67.8 Å². The third kappa shape index (κ3) is 5.08. The summed E-state index contributed by atoms with van der Waals surface area (Å²) >= 11 is 3.33. The summed E-state index contributed by atoms with van der Waals surface area (Å²) in [7, 11) is 1.48. The quantitative estimate of drug-likeness (QED) is 0.751. The molecule has 106 valence electrons. The molecule has 0 heterocycles. The first-order valence-electron chi connectivity index (χ1n) is 5.98. The summed E-state index contributed by atoms with van der Waals surface area (Å²) in [5.41, 5.74) is 0.833. The number of benzene rings is 1. The molecule has 1 aromatic rings. The molecule has 1 rings (SSSR count). The van der Waals surface area contributed by atoms with Gasteiger partial charge in [-0.05, 0) is 24.6 Å². The van der Waals surface area contributed by atoms with Gasteiger partial charge in [0.25, 0.3) is 0 Å². The lowest BCUT2D eigenvalue weighted by Gasteiger charge is -2.10. The Morgan fingerprint density at radius 2 is 2.21 bits per heavy atom. The van der Waals surface area contributed by atoms with Crippen LogP contribution in [0.15, 0.2) is 16.6 Å². The van der Waals surface area contributed by atoms with Crippen LogP contribution in [0.4, 0.5) is 0 Å². The van der Waals surface area contributed by atoms with Gasteiger partial charge in [0.2, 0.25) is 5.91 Å². The number of phenolic OH excluding ortho intramolecular Hbond substituents is 1. The van der Waals surface area contributed by atoms with Gasteiger partial charge in [-0.3, -0.25) is 4.79 Å². The summed E-state index contributed by atoms with van der Waals surface area (Å²) in [5, 5.41) is 12.4. The molecule has 0 aliphatic carbocycles. The summed E-state index contributed by atoms with van der Waals surface area (Å²) in [6.45, 7) is 3.27. The highest BCUT2D eigenvalue weighted by Crippen LogP contribution is 2.32. The Morgan fingerprint density at radius 3 is 2.84 bits per heavy atom. The fourth-order valence-electron chi connectivity index (χ4n) is 1.48. The molecule has 0 aliphatic heterocycles. The van der Waals surface area contributed by atoms with Crippen molar-refractivity contribution in [3.8, 4) is 11.5 Å². The molecule has 0 radical (unpaired) electrons. The molecular formula is C13H18BrNO4. The molecule has 0 atom stereocenters. The molecular weight excluding hydrogens is 314 g/mol. The Morgan fingerprint density at radius 1 is 1.47 bits per heavy atom. The molecule has 0 fully saturated rings. The number of ether oxygens (including phenoxy) is 2. The number of carbonyl (C=O) groups excluding carboxylic acids is 1. The van der Waals surface area contributed by atoms with E-state index in [1.807, 2.05) is 6.92 Å². The van der Waals surface area contributed by atoms with Crippen LogP contribution >= 0.6 is 15.9 Å². The van der Waals surface area contributed by atoms with E-state index in [1.165, 1.54) is 7.11 Å². The number of methoxy groups -OCH3 is 1. The largest absolute Gasteiger partial charge is 0.504 e.